The van der Waals surface area contributed by atoms with Crippen LogP contribution in [0.3, 0.4) is 0 Å². The summed E-state index contributed by atoms with van der Waals surface area (Å²) in [6.07, 6.45) is 3.81. The second-order valence-electron chi connectivity index (χ2n) is 4.10. The van der Waals surface area contributed by atoms with Crippen molar-refractivity contribution in [3.05, 3.63) is 16.1 Å². The molecule has 1 heterocycles. The molecule has 1 saturated carbocycles. The molecule has 1 N–H and O–H groups in total. The van der Waals surface area contributed by atoms with Gasteiger partial charge in [0.05, 0.1) is 11.2 Å². The number of hydrogen-bond acceptors (Lipinski definition) is 3. The summed E-state index contributed by atoms with van der Waals surface area (Å²) < 4.78 is 0. The van der Waals surface area contributed by atoms with E-state index in [-0.39, 0.29) is 0 Å². The Bertz CT molecular complexity index is 289. The fourth-order valence-electron chi connectivity index (χ4n) is 1.41. The lowest BCUT2D eigenvalue weighted by Crippen LogP contribution is -2.29. The van der Waals surface area contributed by atoms with Gasteiger partial charge in [0.2, 0.25) is 0 Å². The van der Waals surface area contributed by atoms with E-state index < -0.39 is 0 Å². The van der Waals surface area contributed by atoms with Crippen LogP contribution < -0.4 is 5.32 Å². The van der Waals surface area contributed by atoms with Gasteiger partial charge in [-0.2, -0.15) is 0 Å². The number of aromatic nitrogens is 1. The Labute approximate surface area is 83.4 Å². The quantitative estimate of drug-likeness (QED) is 0.798. The third-order valence-corrected chi connectivity index (χ3v) is 3.74. The lowest BCUT2D eigenvalue weighted by atomic mass is 10.2. The van der Waals surface area contributed by atoms with Crippen LogP contribution in [0.2, 0.25) is 0 Å². The van der Waals surface area contributed by atoms with Crippen LogP contribution in [0.25, 0.3) is 0 Å². The van der Waals surface area contributed by atoms with Crippen molar-refractivity contribution in [2.45, 2.75) is 38.6 Å². The Kier molecular flexibility index (Phi) is 2.39. The van der Waals surface area contributed by atoms with Gasteiger partial charge in [-0.15, -0.1) is 11.3 Å². The molecule has 0 saturated heterocycles. The van der Waals surface area contributed by atoms with E-state index in [1.165, 1.54) is 23.4 Å². The summed E-state index contributed by atoms with van der Waals surface area (Å²) in [6, 6.07) is 0. The maximum Gasteiger partial charge on any atom is 0.0797 e. The first kappa shape index (κ1) is 9.16. The SMILES string of the molecule is Cc1ncsc1CCNC1(C)CC1. The molecule has 3 heteroatoms. The first-order chi connectivity index (χ1) is 6.20. The average molecular weight is 196 g/mol. The molecule has 0 aliphatic heterocycles. The van der Waals surface area contributed by atoms with E-state index in [0.29, 0.717) is 5.54 Å². The largest absolute Gasteiger partial charge is 0.311 e. The molecule has 0 spiro atoms. The first-order valence-electron chi connectivity index (χ1n) is 4.84. The van der Waals surface area contributed by atoms with Gasteiger partial charge in [0.1, 0.15) is 0 Å². The molecule has 0 aromatic carbocycles. The highest BCUT2D eigenvalue weighted by Crippen LogP contribution is 2.34. The molecule has 1 fully saturated rings. The van der Waals surface area contributed by atoms with Crippen molar-refractivity contribution < 1.29 is 0 Å². The molecule has 1 aliphatic carbocycles. The Morgan fingerprint density at radius 3 is 2.92 bits per heavy atom. The number of aryl methyl sites for hydroxylation is 1. The number of hydrogen-bond donors (Lipinski definition) is 1. The van der Waals surface area contributed by atoms with Crippen molar-refractivity contribution in [1.29, 1.82) is 0 Å². The van der Waals surface area contributed by atoms with E-state index >= 15 is 0 Å². The van der Waals surface area contributed by atoms with Crippen LogP contribution in [0, 0.1) is 6.92 Å². The van der Waals surface area contributed by atoms with Gasteiger partial charge >= 0.3 is 0 Å². The van der Waals surface area contributed by atoms with Crippen LogP contribution in [0.5, 0.6) is 0 Å². The van der Waals surface area contributed by atoms with Crippen LogP contribution in [0.1, 0.15) is 30.3 Å². The number of nitrogens with zero attached hydrogens (tertiary/aromatic N) is 1. The molecule has 0 unspecified atom stereocenters. The number of rotatable bonds is 4. The van der Waals surface area contributed by atoms with Crippen LogP contribution in [-0.4, -0.2) is 17.1 Å². The summed E-state index contributed by atoms with van der Waals surface area (Å²) in [4.78, 5) is 5.67. The molecule has 0 radical (unpaired) electrons. The average Bonchev–Trinajstić information content (AvgIpc) is 2.68. The summed E-state index contributed by atoms with van der Waals surface area (Å²) in [5.74, 6) is 0. The summed E-state index contributed by atoms with van der Waals surface area (Å²) in [6.45, 7) is 5.48. The van der Waals surface area contributed by atoms with Gasteiger partial charge in [-0.1, -0.05) is 0 Å². The van der Waals surface area contributed by atoms with E-state index in [9.17, 15) is 0 Å². The standard InChI is InChI=1S/C10H16N2S/c1-8-9(13-7-11-8)3-6-12-10(2)4-5-10/h7,12H,3-6H2,1-2H3. The van der Waals surface area contributed by atoms with Gasteiger partial charge in [-0.25, -0.2) is 4.98 Å². The summed E-state index contributed by atoms with van der Waals surface area (Å²) in [5.41, 5.74) is 3.61. The van der Waals surface area contributed by atoms with E-state index in [4.69, 9.17) is 0 Å². The van der Waals surface area contributed by atoms with Gasteiger partial charge in [-0.3, -0.25) is 0 Å². The van der Waals surface area contributed by atoms with Crippen molar-refractivity contribution in [2.24, 2.45) is 0 Å². The van der Waals surface area contributed by atoms with Crippen molar-refractivity contribution in [1.82, 2.24) is 10.3 Å². The van der Waals surface area contributed by atoms with Gasteiger partial charge in [0.15, 0.2) is 0 Å². The molecule has 1 aliphatic rings. The van der Waals surface area contributed by atoms with E-state index in [1.807, 2.05) is 5.51 Å². The fourth-order valence-corrected chi connectivity index (χ4v) is 2.19. The summed E-state index contributed by atoms with van der Waals surface area (Å²) in [7, 11) is 0. The zero-order valence-corrected chi connectivity index (χ0v) is 9.08. The Hall–Kier alpha value is -0.410. The van der Waals surface area contributed by atoms with E-state index in [0.717, 1.165) is 13.0 Å². The second-order valence-corrected chi connectivity index (χ2v) is 5.04. The topological polar surface area (TPSA) is 24.9 Å². The van der Waals surface area contributed by atoms with Crippen LogP contribution in [0.15, 0.2) is 5.51 Å². The Balaban J connectivity index is 1.77. The summed E-state index contributed by atoms with van der Waals surface area (Å²) in [5, 5.41) is 3.58. The minimum atomic E-state index is 0.471. The van der Waals surface area contributed by atoms with Crippen LogP contribution in [0.4, 0.5) is 0 Å². The first-order valence-corrected chi connectivity index (χ1v) is 5.72. The maximum atomic E-state index is 4.24. The monoisotopic (exact) mass is 196 g/mol. The molecular weight excluding hydrogens is 180 g/mol. The predicted molar refractivity (Wildman–Crippen MR) is 56.2 cm³/mol. The van der Waals surface area contributed by atoms with Crippen molar-refractivity contribution in [3.8, 4) is 0 Å². The molecule has 0 amide bonds. The molecule has 1 aromatic rings. The van der Waals surface area contributed by atoms with E-state index in [1.54, 1.807) is 11.3 Å². The second kappa shape index (κ2) is 3.39. The molecule has 2 nitrogen and oxygen atoms in total. The number of nitrogens with one attached hydrogen (secondary N) is 1. The molecule has 72 valence electrons. The van der Waals surface area contributed by atoms with Crippen LogP contribution in [-0.2, 0) is 6.42 Å². The van der Waals surface area contributed by atoms with Gasteiger partial charge in [-0.05, 0) is 33.1 Å². The van der Waals surface area contributed by atoms with Gasteiger partial charge < -0.3 is 5.32 Å². The third kappa shape index (κ3) is 2.29. The highest BCUT2D eigenvalue weighted by molar-refractivity contribution is 7.09. The minimum Gasteiger partial charge on any atom is -0.311 e. The summed E-state index contributed by atoms with van der Waals surface area (Å²) >= 11 is 1.77. The predicted octanol–water partition coefficient (Wildman–Crippen LogP) is 2.14. The molecule has 0 bridgehead atoms. The van der Waals surface area contributed by atoms with Gasteiger partial charge in [0.25, 0.3) is 0 Å². The van der Waals surface area contributed by atoms with Gasteiger partial charge in [0, 0.05) is 17.0 Å². The maximum absolute atomic E-state index is 4.24. The molecular formula is C10H16N2S. The highest BCUT2D eigenvalue weighted by Gasteiger charge is 2.36. The van der Waals surface area contributed by atoms with Crippen molar-refractivity contribution in [2.75, 3.05) is 6.54 Å². The third-order valence-electron chi connectivity index (χ3n) is 2.75. The molecule has 13 heavy (non-hydrogen) atoms. The number of thiazole rings is 1. The Morgan fingerprint density at radius 1 is 1.62 bits per heavy atom. The minimum absolute atomic E-state index is 0.471. The highest BCUT2D eigenvalue weighted by atomic mass is 32.1. The Morgan fingerprint density at radius 2 is 2.38 bits per heavy atom. The van der Waals surface area contributed by atoms with E-state index in [2.05, 4.69) is 24.1 Å². The normalized spacial score (nSPS) is 18.9. The van der Waals surface area contributed by atoms with Crippen molar-refractivity contribution in [3.63, 3.8) is 0 Å². The molecule has 0 atom stereocenters. The fraction of sp³-hybridized carbons (Fsp3) is 0.700. The smallest absolute Gasteiger partial charge is 0.0797 e. The zero-order valence-electron chi connectivity index (χ0n) is 8.26. The van der Waals surface area contributed by atoms with Crippen molar-refractivity contribution >= 4 is 11.3 Å². The zero-order chi connectivity index (χ0) is 9.31. The van der Waals surface area contributed by atoms with Crippen LogP contribution >= 0.6 is 11.3 Å². The lowest BCUT2D eigenvalue weighted by Gasteiger charge is -2.09. The lowest BCUT2D eigenvalue weighted by molar-refractivity contribution is 0.542. The molecule has 2 rings (SSSR count). The molecule has 1 aromatic heterocycles.